The van der Waals surface area contributed by atoms with E-state index in [1.54, 1.807) is 0 Å². The first-order valence-electron chi connectivity index (χ1n) is 5.89. The molecule has 0 atom stereocenters. The highest BCUT2D eigenvalue weighted by Crippen LogP contribution is 2.34. The van der Waals surface area contributed by atoms with Gasteiger partial charge in [-0.25, -0.2) is 4.39 Å². The van der Waals surface area contributed by atoms with E-state index in [4.69, 9.17) is 14.2 Å². The van der Waals surface area contributed by atoms with Crippen LogP contribution in [0.4, 0.5) is 10.1 Å². The Kier molecular flexibility index (Phi) is 4.22. The third-order valence-electron chi connectivity index (χ3n) is 2.71. The van der Waals surface area contributed by atoms with Gasteiger partial charge in [-0.1, -0.05) is 0 Å². The van der Waals surface area contributed by atoms with Gasteiger partial charge in [0.15, 0.2) is 17.3 Å². The number of methoxy groups -OCH3 is 2. The molecule has 0 aliphatic rings. The van der Waals surface area contributed by atoms with Crippen molar-refractivity contribution in [3.8, 4) is 23.0 Å². The molecule has 0 aliphatic carbocycles. The van der Waals surface area contributed by atoms with E-state index < -0.39 is 10.7 Å². The van der Waals surface area contributed by atoms with Crippen molar-refractivity contribution in [3.63, 3.8) is 0 Å². The number of nitrogens with zero attached hydrogens (tertiary/aromatic N) is 1. The summed E-state index contributed by atoms with van der Waals surface area (Å²) in [6.45, 7) is 0. The van der Waals surface area contributed by atoms with Crippen molar-refractivity contribution in [2.24, 2.45) is 0 Å². The van der Waals surface area contributed by atoms with Crippen molar-refractivity contribution in [3.05, 3.63) is 52.3 Å². The lowest BCUT2D eigenvalue weighted by molar-refractivity contribution is -0.385. The predicted octanol–water partition coefficient (Wildman–Crippen LogP) is 3.54. The number of nitro groups is 1. The fraction of sp³-hybridized carbons (Fsp3) is 0.143. The van der Waals surface area contributed by atoms with E-state index in [0.29, 0.717) is 5.75 Å². The van der Waals surface area contributed by atoms with Crippen molar-refractivity contribution < 1.29 is 23.5 Å². The highest BCUT2D eigenvalue weighted by Gasteiger charge is 2.16. The molecule has 0 aliphatic heterocycles. The summed E-state index contributed by atoms with van der Waals surface area (Å²) < 4.78 is 28.5. The molecule has 21 heavy (non-hydrogen) atoms. The summed E-state index contributed by atoms with van der Waals surface area (Å²) in [5.41, 5.74) is -0.218. The minimum Gasteiger partial charge on any atom is -0.494 e. The number of halogens is 1. The van der Waals surface area contributed by atoms with Crippen molar-refractivity contribution in [1.82, 2.24) is 0 Å². The van der Waals surface area contributed by atoms with Gasteiger partial charge in [-0.15, -0.1) is 0 Å². The van der Waals surface area contributed by atoms with Crippen LogP contribution >= 0.6 is 0 Å². The lowest BCUT2D eigenvalue weighted by Crippen LogP contribution is -1.95. The average molecular weight is 293 g/mol. The van der Waals surface area contributed by atoms with Crippen LogP contribution < -0.4 is 14.2 Å². The zero-order chi connectivity index (χ0) is 15.4. The molecule has 110 valence electrons. The SMILES string of the molecule is COc1cc(Oc2ccc(OC)c([N+](=O)[O-])c2)ccc1F. The van der Waals surface area contributed by atoms with E-state index in [2.05, 4.69) is 0 Å². The minimum atomic E-state index is -0.572. The first-order chi connectivity index (χ1) is 10.0. The molecule has 0 saturated carbocycles. The van der Waals surface area contributed by atoms with E-state index in [0.717, 1.165) is 0 Å². The molecule has 7 heteroatoms. The van der Waals surface area contributed by atoms with Crippen LogP contribution in [0.1, 0.15) is 0 Å². The first-order valence-corrected chi connectivity index (χ1v) is 5.89. The topological polar surface area (TPSA) is 70.8 Å². The fourth-order valence-electron chi connectivity index (χ4n) is 1.72. The normalized spacial score (nSPS) is 10.0. The van der Waals surface area contributed by atoms with Gasteiger partial charge >= 0.3 is 5.69 Å². The number of nitro benzene ring substituents is 1. The van der Waals surface area contributed by atoms with E-state index in [9.17, 15) is 14.5 Å². The second-order valence-electron chi connectivity index (χ2n) is 3.99. The zero-order valence-electron chi connectivity index (χ0n) is 11.3. The van der Waals surface area contributed by atoms with Gasteiger partial charge in [-0.3, -0.25) is 10.1 Å². The summed E-state index contributed by atoms with van der Waals surface area (Å²) in [6.07, 6.45) is 0. The standard InChI is InChI=1S/C14H12FNO5/c1-19-13-6-4-9(7-12(13)16(17)18)21-10-3-5-11(15)14(8-10)20-2/h3-8H,1-2H3. The van der Waals surface area contributed by atoms with Crippen LogP contribution in [0, 0.1) is 15.9 Å². The number of hydrogen-bond acceptors (Lipinski definition) is 5. The molecular weight excluding hydrogens is 281 g/mol. The van der Waals surface area contributed by atoms with Gasteiger partial charge in [0.25, 0.3) is 0 Å². The lowest BCUT2D eigenvalue weighted by Gasteiger charge is -2.09. The van der Waals surface area contributed by atoms with Crippen LogP contribution in [0.5, 0.6) is 23.0 Å². The monoisotopic (exact) mass is 293 g/mol. The summed E-state index contributed by atoms with van der Waals surface area (Å²) in [5, 5.41) is 10.9. The third kappa shape index (κ3) is 3.19. The number of rotatable bonds is 5. The van der Waals surface area contributed by atoms with E-state index in [1.807, 2.05) is 0 Å². The maximum Gasteiger partial charge on any atom is 0.314 e. The fourth-order valence-corrected chi connectivity index (χ4v) is 1.72. The Morgan fingerprint density at radius 2 is 1.62 bits per heavy atom. The van der Waals surface area contributed by atoms with Crippen LogP contribution in [0.2, 0.25) is 0 Å². The van der Waals surface area contributed by atoms with Crippen molar-refractivity contribution in [2.75, 3.05) is 14.2 Å². The van der Waals surface area contributed by atoms with Crippen LogP contribution in [0.15, 0.2) is 36.4 Å². The predicted molar refractivity (Wildman–Crippen MR) is 72.7 cm³/mol. The quantitative estimate of drug-likeness (QED) is 0.623. The summed E-state index contributed by atoms with van der Waals surface area (Å²) >= 11 is 0. The van der Waals surface area contributed by atoms with Gasteiger partial charge in [0.1, 0.15) is 11.5 Å². The van der Waals surface area contributed by atoms with Gasteiger partial charge in [0.2, 0.25) is 0 Å². The number of ether oxygens (including phenoxy) is 3. The van der Waals surface area contributed by atoms with Crippen LogP contribution in [-0.4, -0.2) is 19.1 Å². The second kappa shape index (κ2) is 6.08. The first kappa shape index (κ1) is 14.6. The van der Waals surface area contributed by atoms with Gasteiger partial charge < -0.3 is 14.2 Å². The molecule has 0 unspecified atom stereocenters. The van der Waals surface area contributed by atoms with Gasteiger partial charge in [0.05, 0.1) is 25.2 Å². The Bertz CT molecular complexity index is 674. The van der Waals surface area contributed by atoms with Crippen LogP contribution in [0.3, 0.4) is 0 Å². The molecule has 0 saturated heterocycles. The average Bonchev–Trinajstić information content (AvgIpc) is 2.49. The molecule has 0 heterocycles. The molecule has 0 fully saturated rings. The molecule has 0 bridgehead atoms. The summed E-state index contributed by atoms with van der Waals surface area (Å²) in [5.74, 6) is 0.161. The van der Waals surface area contributed by atoms with Gasteiger partial charge in [-0.05, 0) is 24.3 Å². The Labute approximate surface area is 119 Å². The Hall–Kier alpha value is -2.83. The molecule has 0 spiro atoms. The minimum absolute atomic E-state index is 0.0236. The summed E-state index contributed by atoms with van der Waals surface area (Å²) in [4.78, 5) is 10.4. The Balaban J connectivity index is 2.31. The van der Waals surface area contributed by atoms with Gasteiger partial charge in [-0.2, -0.15) is 0 Å². The molecular formula is C14H12FNO5. The molecule has 2 aromatic carbocycles. The Morgan fingerprint density at radius 1 is 1.00 bits per heavy atom. The summed E-state index contributed by atoms with van der Waals surface area (Å²) in [7, 11) is 2.67. The lowest BCUT2D eigenvalue weighted by atomic mass is 10.2. The molecule has 2 rings (SSSR count). The van der Waals surface area contributed by atoms with Crippen molar-refractivity contribution in [1.29, 1.82) is 0 Å². The molecule has 0 amide bonds. The van der Waals surface area contributed by atoms with Gasteiger partial charge in [0, 0.05) is 6.07 Å². The molecule has 6 nitrogen and oxygen atoms in total. The molecule has 2 aromatic rings. The van der Waals surface area contributed by atoms with E-state index in [1.165, 1.54) is 50.6 Å². The summed E-state index contributed by atoms with van der Waals surface area (Å²) in [6, 6.07) is 8.11. The molecule has 0 aromatic heterocycles. The van der Waals surface area contributed by atoms with Crippen molar-refractivity contribution in [2.45, 2.75) is 0 Å². The highest BCUT2D eigenvalue weighted by atomic mass is 19.1. The second-order valence-corrected chi connectivity index (χ2v) is 3.99. The highest BCUT2D eigenvalue weighted by molar-refractivity contribution is 5.52. The Morgan fingerprint density at radius 3 is 2.24 bits per heavy atom. The molecule has 0 radical (unpaired) electrons. The maximum absolute atomic E-state index is 13.3. The third-order valence-corrected chi connectivity index (χ3v) is 2.71. The van der Waals surface area contributed by atoms with Crippen LogP contribution in [-0.2, 0) is 0 Å². The molecule has 0 N–H and O–H groups in total. The smallest absolute Gasteiger partial charge is 0.314 e. The number of benzene rings is 2. The van der Waals surface area contributed by atoms with E-state index in [-0.39, 0.29) is 22.9 Å². The van der Waals surface area contributed by atoms with Crippen LogP contribution in [0.25, 0.3) is 0 Å². The van der Waals surface area contributed by atoms with E-state index >= 15 is 0 Å². The maximum atomic E-state index is 13.3. The zero-order valence-corrected chi connectivity index (χ0v) is 11.3. The van der Waals surface area contributed by atoms with Crippen molar-refractivity contribution >= 4 is 5.69 Å². The number of hydrogen-bond donors (Lipinski definition) is 0. The largest absolute Gasteiger partial charge is 0.494 e.